The summed E-state index contributed by atoms with van der Waals surface area (Å²) in [6.45, 7) is 1.87. The highest BCUT2D eigenvalue weighted by Crippen LogP contribution is 2.28. The van der Waals surface area contributed by atoms with E-state index in [2.05, 4.69) is 5.32 Å². The van der Waals surface area contributed by atoms with E-state index in [9.17, 15) is 10.1 Å². The van der Waals surface area contributed by atoms with Crippen LogP contribution in [0.5, 0.6) is 0 Å². The van der Waals surface area contributed by atoms with Crippen molar-refractivity contribution in [2.45, 2.75) is 13.0 Å². The highest BCUT2D eigenvalue weighted by Gasteiger charge is 2.12. The molecule has 0 amide bonds. The number of nitrogens with zero attached hydrogens (tertiary/aromatic N) is 2. The van der Waals surface area contributed by atoms with Crippen molar-refractivity contribution in [2.24, 2.45) is 0 Å². The summed E-state index contributed by atoms with van der Waals surface area (Å²) >= 11 is 6.09. The Morgan fingerprint density at radius 3 is 2.76 bits per heavy atom. The predicted octanol–water partition coefficient (Wildman–Crippen LogP) is 4.29. The van der Waals surface area contributed by atoms with Gasteiger partial charge in [-0.1, -0.05) is 23.7 Å². The monoisotopic (exact) mass is 301 g/mol. The molecule has 0 saturated carbocycles. The van der Waals surface area contributed by atoms with Crippen molar-refractivity contribution in [3.63, 3.8) is 0 Å². The van der Waals surface area contributed by atoms with Crippen LogP contribution < -0.4 is 5.32 Å². The van der Waals surface area contributed by atoms with Crippen LogP contribution in [0.25, 0.3) is 0 Å². The van der Waals surface area contributed by atoms with Gasteiger partial charge >= 0.3 is 0 Å². The quantitative estimate of drug-likeness (QED) is 0.674. The Kier molecular flexibility index (Phi) is 4.41. The lowest BCUT2D eigenvalue weighted by Gasteiger charge is -2.16. The van der Waals surface area contributed by atoms with Gasteiger partial charge in [0.1, 0.15) is 0 Å². The maximum atomic E-state index is 10.8. The van der Waals surface area contributed by atoms with Crippen molar-refractivity contribution in [3.8, 4) is 6.07 Å². The molecule has 0 aliphatic rings. The fourth-order valence-electron chi connectivity index (χ4n) is 1.93. The first kappa shape index (κ1) is 14.8. The Morgan fingerprint density at radius 2 is 2.10 bits per heavy atom. The molecular weight excluding hydrogens is 290 g/mol. The zero-order valence-electron chi connectivity index (χ0n) is 11.2. The van der Waals surface area contributed by atoms with Crippen LogP contribution in [0.2, 0.25) is 5.02 Å². The maximum Gasteiger partial charge on any atom is 0.269 e. The number of hydrogen-bond donors (Lipinski definition) is 1. The highest BCUT2D eigenvalue weighted by molar-refractivity contribution is 6.33. The van der Waals surface area contributed by atoms with Crippen LogP contribution in [0.15, 0.2) is 42.5 Å². The van der Waals surface area contributed by atoms with Crippen molar-refractivity contribution in [3.05, 3.63) is 68.7 Å². The molecule has 1 unspecified atom stereocenters. The maximum absolute atomic E-state index is 10.8. The lowest BCUT2D eigenvalue weighted by atomic mass is 10.1. The summed E-state index contributed by atoms with van der Waals surface area (Å²) in [6, 6.07) is 13.2. The topological polar surface area (TPSA) is 79.0 Å². The molecular formula is C15H12ClN3O2. The van der Waals surface area contributed by atoms with Gasteiger partial charge < -0.3 is 5.32 Å². The summed E-state index contributed by atoms with van der Waals surface area (Å²) in [5, 5.41) is 23.4. The molecule has 1 atom stereocenters. The first-order valence-corrected chi connectivity index (χ1v) is 6.59. The van der Waals surface area contributed by atoms with E-state index < -0.39 is 4.92 Å². The van der Waals surface area contributed by atoms with Crippen molar-refractivity contribution in [1.82, 2.24) is 0 Å². The molecule has 0 bridgehead atoms. The van der Waals surface area contributed by atoms with E-state index >= 15 is 0 Å². The average molecular weight is 302 g/mol. The molecule has 21 heavy (non-hydrogen) atoms. The minimum absolute atomic E-state index is 0.0398. The standard InChI is InChI=1S/C15H12ClN3O2/c1-10(12-3-2-4-13(8-12)19(20)21)18-15-7-11(9-17)5-6-14(15)16/h2-8,10,18H,1H3. The van der Waals surface area contributed by atoms with Gasteiger partial charge in [0, 0.05) is 18.2 Å². The molecule has 2 rings (SSSR count). The van der Waals surface area contributed by atoms with E-state index in [1.165, 1.54) is 12.1 Å². The summed E-state index contributed by atoms with van der Waals surface area (Å²) in [5.74, 6) is 0. The second kappa shape index (κ2) is 6.25. The second-order valence-corrected chi connectivity index (χ2v) is 4.93. The van der Waals surface area contributed by atoms with E-state index in [4.69, 9.17) is 16.9 Å². The van der Waals surface area contributed by atoms with Crippen LogP contribution in [0, 0.1) is 21.4 Å². The molecule has 2 aromatic carbocycles. The summed E-state index contributed by atoms with van der Waals surface area (Å²) in [5.41, 5.74) is 1.92. The number of benzene rings is 2. The Hall–Kier alpha value is -2.58. The summed E-state index contributed by atoms with van der Waals surface area (Å²) in [4.78, 5) is 10.4. The van der Waals surface area contributed by atoms with E-state index in [0.717, 1.165) is 5.56 Å². The zero-order chi connectivity index (χ0) is 15.4. The third-order valence-electron chi connectivity index (χ3n) is 3.05. The third-order valence-corrected chi connectivity index (χ3v) is 3.38. The number of nitro groups is 1. The lowest BCUT2D eigenvalue weighted by molar-refractivity contribution is -0.384. The molecule has 0 aliphatic heterocycles. The number of nitro benzene ring substituents is 1. The molecule has 0 radical (unpaired) electrons. The minimum Gasteiger partial charge on any atom is -0.377 e. The van der Waals surface area contributed by atoms with Crippen LogP contribution >= 0.6 is 11.6 Å². The van der Waals surface area contributed by atoms with Gasteiger partial charge in [-0.05, 0) is 30.7 Å². The van der Waals surface area contributed by atoms with Crippen molar-refractivity contribution in [2.75, 3.05) is 5.32 Å². The van der Waals surface area contributed by atoms with E-state index in [-0.39, 0.29) is 11.7 Å². The SMILES string of the molecule is CC(Nc1cc(C#N)ccc1Cl)c1cccc([N+](=O)[O-])c1. The highest BCUT2D eigenvalue weighted by atomic mass is 35.5. The molecule has 0 spiro atoms. The van der Waals surface area contributed by atoms with Gasteiger partial charge in [-0.25, -0.2) is 0 Å². The van der Waals surface area contributed by atoms with Gasteiger partial charge in [-0.15, -0.1) is 0 Å². The normalized spacial score (nSPS) is 11.5. The van der Waals surface area contributed by atoms with Gasteiger partial charge in [0.25, 0.3) is 5.69 Å². The molecule has 5 nitrogen and oxygen atoms in total. The van der Waals surface area contributed by atoms with Gasteiger partial charge in [-0.2, -0.15) is 5.26 Å². The lowest BCUT2D eigenvalue weighted by Crippen LogP contribution is -2.07. The van der Waals surface area contributed by atoms with Crippen molar-refractivity contribution >= 4 is 23.0 Å². The van der Waals surface area contributed by atoms with Crippen LogP contribution in [-0.2, 0) is 0 Å². The number of hydrogen-bond acceptors (Lipinski definition) is 4. The summed E-state index contributed by atoms with van der Waals surface area (Å²) in [7, 11) is 0. The van der Waals surface area contributed by atoms with Gasteiger partial charge in [-0.3, -0.25) is 10.1 Å². The largest absolute Gasteiger partial charge is 0.377 e. The Labute approximate surface area is 126 Å². The van der Waals surface area contributed by atoms with Crippen LogP contribution in [0.4, 0.5) is 11.4 Å². The molecule has 0 heterocycles. The number of nitriles is 1. The number of anilines is 1. The molecule has 0 aliphatic carbocycles. The fourth-order valence-corrected chi connectivity index (χ4v) is 2.10. The zero-order valence-corrected chi connectivity index (χ0v) is 12.0. The van der Waals surface area contributed by atoms with Crippen LogP contribution in [0.3, 0.4) is 0 Å². The van der Waals surface area contributed by atoms with Crippen molar-refractivity contribution < 1.29 is 4.92 Å². The Bertz CT molecular complexity index is 725. The molecule has 2 aromatic rings. The minimum atomic E-state index is -0.431. The molecule has 0 saturated heterocycles. The van der Waals surface area contributed by atoms with Gasteiger partial charge in [0.05, 0.1) is 27.3 Å². The molecule has 6 heteroatoms. The number of non-ortho nitro benzene ring substituents is 1. The first-order valence-electron chi connectivity index (χ1n) is 6.22. The smallest absolute Gasteiger partial charge is 0.269 e. The van der Waals surface area contributed by atoms with Crippen LogP contribution in [0.1, 0.15) is 24.1 Å². The van der Waals surface area contributed by atoms with E-state index in [1.54, 1.807) is 30.3 Å². The van der Waals surface area contributed by atoms with Gasteiger partial charge in [0.15, 0.2) is 0 Å². The molecule has 0 aromatic heterocycles. The first-order chi connectivity index (χ1) is 10.0. The average Bonchev–Trinajstić information content (AvgIpc) is 2.49. The van der Waals surface area contributed by atoms with Crippen molar-refractivity contribution in [1.29, 1.82) is 5.26 Å². The summed E-state index contributed by atoms with van der Waals surface area (Å²) in [6.07, 6.45) is 0. The van der Waals surface area contributed by atoms with E-state index in [1.807, 2.05) is 13.0 Å². The Morgan fingerprint density at radius 1 is 1.33 bits per heavy atom. The number of rotatable bonds is 4. The number of halogens is 1. The Balaban J connectivity index is 2.26. The third kappa shape index (κ3) is 3.50. The molecule has 0 fully saturated rings. The molecule has 1 N–H and O–H groups in total. The predicted molar refractivity (Wildman–Crippen MR) is 81.3 cm³/mol. The fraction of sp³-hybridized carbons (Fsp3) is 0.133. The molecule has 106 valence electrons. The summed E-state index contributed by atoms with van der Waals surface area (Å²) < 4.78 is 0. The van der Waals surface area contributed by atoms with E-state index in [0.29, 0.717) is 16.3 Å². The van der Waals surface area contributed by atoms with Crippen LogP contribution in [-0.4, -0.2) is 4.92 Å². The van der Waals surface area contributed by atoms with Gasteiger partial charge in [0.2, 0.25) is 0 Å². The second-order valence-electron chi connectivity index (χ2n) is 4.52. The number of nitrogens with one attached hydrogen (secondary N) is 1.